The Balaban J connectivity index is 1.68. The number of nitrogens with one attached hydrogen (secondary N) is 1. The molecule has 0 radical (unpaired) electrons. The molecule has 170 valence electrons. The molecule has 2 aromatic rings. The lowest BCUT2D eigenvalue weighted by Crippen LogP contribution is -2.56. The van der Waals surface area contributed by atoms with E-state index in [2.05, 4.69) is 15.3 Å². The quantitative estimate of drug-likeness (QED) is 0.615. The molecule has 0 saturated heterocycles. The Morgan fingerprint density at radius 3 is 2.55 bits per heavy atom. The van der Waals surface area contributed by atoms with Crippen LogP contribution in [0, 0.1) is 5.41 Å². The summed E-state index contributed by atoms with van der Waals surface area (Å²) in [6.45, 7) is 6.58. The zero-order valence-corrected chi connectivity index (χ0v) is 18.8. The van der Waals surface area contributed by atoms with E-state index < -0.39 is 0 Å². The third-order valence-corrected chi connectivity index (χ3v) is 6.92. The van der Waals surface area contributed by atoms with Crippen molar-refractivity contribution >= 4 is 16.9 Å². The summed E-state index contributed by atoms with van der Waals surface area (Å²) in [6.07, 6.45) is 6.95. The number of rotatable bonds is 7. The van der Waals surface area contributed by atoms with Crippen LogP contribution in [0.25, 0.3) is 10.9 Å². The van der Waals surface area contributed by atoms with E-state index in [4.69, 9.17) is 14.5 Å². The number of hydrogen-bond donors (Lipinski definition) is 3. The van der Waals surface area contributed by atoms with Crippen LogP contribution in [0.4, 0.5) is 5.95 Å². The maximum absolute atomic E-state index is 10.1. The number of pyridine rings is 1. The van der Waals surface area contributed by atoms with Gasteiger partial charge in [0.05, 0.1) is 29.7 Å². The average molecular weight is 431 g/mol. The number of methoxy groups -OCH3 is 1. The van der Waals surface area contributed by atoms with Crippen molar-refractivity contribution in [2.24, 2.45) is 5.41 Å². The number of ether oxygens (including phenoxy) is 2. The smallest absolute Gasteiger partial charge is 0.224 e. The fourth-order valence-electron chi connectivity index (χ4n) is 4.58. The van der Waals surface area contributed by atoms with Crippen molar-refractivity contribution in [3.8, 4) is 5.88 Å². The summed E-state index contributed by atoms with van der Waals surface area (Å²) in [5.41, 5.74) is 1.60. The highest BCUT2D eigenvalue weighted by atomic mass is 16.5. The van der Waals surface area contributed by atoms with Crippen molar-refractivity contribution in [1.82, 2.24) is 15.0 Å². The molecule has 2 fully saturated rings. The van der Waals surface area contributed by atoms with Crippen LogP contribution in [0.15, 0.2) is 12.4 Å². The number of nitrogens with zero attached hydrogens (tertiary/aromatic N) is 3. The highest BCUT2D eigenvalue weighted by molar-refractivity contribution is 5.86. The third-order valence-electron chi connectivity index (χ3n) is 6.92. The minimum atomic E-state index is -0.369. The number of hydrogen-bond acceptors (Lipinski definition) is 8. The van der Waals surface area contributed by atoms with E-state index in [1.54, 1.807) is 13.3 Å². The molecule has 2 heterocycles. The minimum Gasteiger partial charge on any atom is -0.473 e. The first-order chi connectivity index (χ1) is 14.8. The predicted molar refractivity (Wildman–Crippen MR) is 118 cm³/mol. The zero-order valence-electron chi connectivity index (χ0n) is 18.8. The van der Waals surface area contributed by atoms with Gasteiger partial charge >= 0.3 is 0 Å². The summed E-state index contributed by atoms with van der Waals surface area (Å²) in [5, 5.41) is 24.1. The van der Waals surface area contributed by atoms with Gasteiger partial charge in [0.2, 0.25) is 11.8 Å². The number of anilines is 1. The number of aromatic nitrogens is 3. The van der Waals surface area contributed by atoms with Crippen LogP contribution < -0.4 is 10.1 Å². The van der Waals surface area contributed by atoms with Gasteiger partial charge in [-0.1, -0.05) is 13.8 Å². The maximum atomic E-state index is 10.1. The first-order valence-corrected chi connectivity index (χ1v) is 11.2. The molecule has 3 N–H and O–H groups in total. The van der Waals surface area contributed by atoms with Gasteiger partial charge in [-0.15, -0.1) is 0 Å². The Hall–Kier alpha value is -2.03. The van der Waals surface area contributed by atoms with Gasteiger partial charge in [-0.2, -0.15) is 0 Å². The fraction of sp³-hybridized carbons (Fsp3) is 0.696. The number of aliphatic hydroxyl groups excluding tert-OH is 2. The van der Waals surface area contributed by atoms with E-state index in [-0.39, 0.29) is 29.8 Å². The number of aliphatic hydroxyl groups is 2. The normalized spacial score (nSPS) is 28.7. The summed E-state index contributed by atoms with van der Waals surface area (Å²) in [5.74, 6) is 1.36. The monoisotopic (exact) mass is 430 g/mol. The molecule has 0 spiro atoms. The lowest BCUT2D eigenvalue weighted by molar-refractivity contribution is -0.135. The van der Waals surface area contributed by atoms with E-state index in [0.29, 0.717) is 30.8 Å². The molecule has 0 bridgehead atoms. The molecule has 0 aliphatic heterocycles. The fourth-order valence-corrected chi connectivity index (χ4v) is 4.58. The SMILES string of the molecule is COC[C@H](C)Nc1ncc2c(O[C@H]3C[C@@H](O)C3(C)C)ncc(C3CCC(O)CC3)c2n1. The van der Waals surface area contributed by atoms with Crippen LogP contribution in [-0.4, -0.2) is 63.2 Å². The van der Waals surface area contributed by atoms with Crippen LogP contribution in [0.2, 0.25) is 0 Å². The van der Waals surface area contributed by atoms with Crippen molar-refractivity contribution in [3.05, 3.63) is 18.0 Å². The first-order valence-electron chi connectivity index (χ1n) is 11.2. The molecular weight excluding hydrogens is 396 g/mol. The Labute approximate surface area is 183 Å². The molecule has 2 aliphatic rings. The van der Waals surface area contributed by atoms with Gasteiger partial charge in [-0.05, 0) is 38.5 Å². The van der Waals surface area contributed by atoms with Crippen LogP contribution in [0.1, 0.15) is 64.4 Å². The van der Waals surface area contributed by atoms with Crippen molar-refractivity contribution in [2.45, 2.75) is 83.1 Å². The van der Waals surface area contributed by atoms with Crippen LogP contribution >= 0.6 is 0 Å². The van der Waals surface area contributed by atoms with Gasteiger partial charge in [0.15, 0.2) is 0 Å². The molecule has 2 aliphatic carbocycles. The standard InChI is InChI=1S/C23H34N4O4/c1-13(12-30-4)26-22-25-11-17-20(27-22)16(14-5-7-15(28)8-6-14)10-24-21(17)31-19-9-18(29)23(19,2)3/h10-11,13-15,18-19,28-29H,5-9,12H2,1-4H3,(H,25,26,27)/t13-,14?,15?,18+,19-/m0/s1. The second-order valence-electron chi connectivity index (χ2n) is 9.66. The van der Waals surface area contributed by atoms with E-state index >= 15 is 0 Å². The Kier molecular flexibility index (Phi) is 6.32. The number of fused-ring (bicyclic) bond motifs is 1. The first kappa shape index (κ1) is 22.2. The largest absolute Gasteiger partial charge is 0.473 e. The Morgan fingerprint density at radius 1 is 1.16 bits per heavy atom. The van der Waals surface area contributed by atoms with Crippen LogP contribution in [0.5, 0.6) is 5.88 Å². The van der Waals surface area contributed by atoms with E-state index in [0.717, 1.165) is 42.1 Å². The molecule has 0 unspecified atom stereocenters. The molecule has 2 aromatic heterocycles. The minimum absolute atomic E-state index is 0.0746. The molecule has 0 aromatic carbocycles. The Bertz CT molecular complexity index is 914. The molecule has 8 heteroatoms. The summed E-state index contributed by atoms with van der Waals surface area (Å²) in [7, 11) is 1.67. The van der Waals surface area contributed by atoms with Gasteiger partial charge in [0, 0.05) is 42.9 Å². The molecule has 0 amide bonds. The summed E-state index contributed by atoms with van der Waals surface area (Å²) in [4.78, 5) is 14.0. The lowest BCUT2D eigenvalue weighted by atomic mass is 9.66. The van der Waals surface area contributed by atoms with Gasteiger partial charge in [0.1, 0.15) is 6.10 Å². The second kappa shape index (κ2) is 8.84. The summed E-state index contributed by atoms with van der Waals surface area (Å²) >= 11 is 0. The maximum Gasteiger partial charge on any atom is 0.224 e. The van der Waals surface area contributed by atoms with E-state index in [1.807, 2.05) is 27.0 Å². The Morgan fingerprint density at radius 2 is 1.90 bits per heavy atom. The molecule has 31 heavy (non-hydrogen) atoms. The summed E-state index contributed by atoms with van der Waals surface area (Å²) < 4.78 is 11.4. The topological polar surface area (TPSA) is 110 Å². The van der Waals surface area contributed by atoms with Crippen LogP contribution in [0.3, 0.4) is 0 Å². The van der Waals surface area contributed by atoms with Crippen molar-refractivity contribution < 1.29 is 19.7 Å². The van der Waals surface area contributed by atoms with Crippen LogP contribution in [-0.2, 0) is 4.74 Å². The van der Waals surface area contributed by atoms with Gasteiger partial charge in [-0.25, -0.2) is 15.0 Å². The molecular formula is C23H34N4O4. The molecule has 3 atom stereocenters. The van der Waals surface area contributed by atoms with Gasteiger partial charge < -0.3 is 25.0 Å². The van der Waals surface area contributed by atoms with Gasteiger partial charge in [0.25, 0.3) is 0 Å². The van der Waals surface area contributed by atoms with Crippen molar-refractivity contribution in [3.63, 3.8) is 0 Å². The summed E-state index contributed by atoms with van der Waals surface area (Å²) in [6, 6.07) is 0.0746. The second-order valence-corrected chi connectivity index (χ2v) is 9.66. The van der Waals surface area contributed by atoms with E-state index in [1.165, 1.54) is 0 Å². The van der Waals surface area contributed by atoms with Crippen molar-refractivity contribution in [2.75, 3.05) is 19.0 Å². The average Bonchev–Trinajstić information content (AvgIpc) is 2.74. The van der Waals surface area contributed by atoms with E-state index in [9.17, 15) is 10.2 Å². The zero-order chi connectivity index (χ0) is 22.2. The highest BCUT2D eigenvalue weighted by Gasteiger charge is 2.49. The molecule has 2 saturated carbocycles. The molecule has 8 nitrogen and oxygen atoms in total. The van der Waals surface area contributed by atoms with Crippen molar-refractivity contribution in [1.29, 1.82) is 0 Å². The third kappa shape index (κ3) is 4.47. The molecule has 4 rings (SSSR count). The van der Waals surface area contributed by atoms with Gasteiger partial charge in [-0.3, -0.25) is 0 Å². The lowest BCUT2D eigenvalue weighted by Gasteiger charge is -2.48. The predicted octanol–water partition coefficient (Wildman–Crippen LogP) is 3.03. The highest BCUT2D eigenvalue weighted by Crippen LogP contribution is 2.44.